The van der Waals surface area contributed by atoms with Crippen LogP contribution in [0.5, 0.6) is 0 Å². The highest BCUT2D eigenvalue weighted by Crippen LogP contribution is 2.28. The maximum Gasteiger partial charge on any atom is 0.416 e. The third-order valence-corrected chi connectivity index (χ3v) is 2.81. The molecule has 0 aliphatic carbocycles. The van der Waals surface area contributed by atoms with Crippen molar-refractivity contribution in [2.45, 2.75) is 12.6 Å². The van der Waals surface area contributed by atoms with E-state index in [1.54, 1.807) is 7.05 Å². The zero-order chi connectivity index (χ0) is 16.6. The molecule has 1 aromatic carbocycles. The minimum Gasteiger partial charge on any atom is -0.355 e. The van der Waals surface area contributed by atoms with Crippen LogP contribution in [0, 0.1) is 0 Å². The number of hydrogen-bond acceptors (Lipinski definition) is 3. The van der Waals surface area contributed by atoms with Gasteiger partial charge in [-0.3, -0.25) is 9.59 Å². The fourth-order valence-corrected chi connectivity index (χ4v) is 1.63. The van der Waals surface area contributed by atoms with E-state index in [4.69, 9.17) is 0 Å². The molecule has 122 valence electrons. The fourth-order valence-electron chi connectivity index (χ4n) is 1.63. The first-order valence-corrected chi connectivity index (χ1v) is 6.71. The van der Waals surface area contributed by atoms with Gasteiger partial charge in [-0.15, -0.1) is 0 Å². The predicted molar refractivity (Wildman–Crippen MR) is 75.3 cm³/mol. The quantitative estimate of drug-likeness (QED) is 0.661. The van der Waals surface area contributed by atoms with Crippen molar-refractivity contribution in [3.05, 3.63) is 35.4 Å². The van der Waals surface area contributed by atoms with Crippen molar-refractivity contribution >= 4 is 11.8 Å². The highest BCUT2D eigenvalue weighted by molar-refractivity contribution is 5.96. The van der Waals surface area contributed by atoms with Crippen molar-refractivity contribution in [2.75, 3.05) is 26.7 Å². The molecule has 5 nitrogen and oxygen atoms in total. The molecule has 0 unspecified atom stereocenters. The van der Waals surface area contributed by atoms with Gasteiger partial charge in [0.1, 0.15) is 0 Å². The van der Waals surface area contributed by atoms with E-state index in [0.717, 1.165) is 37.2 Å². The maximum atomic E-state index is 12.4. The lowest BCUT2D eigenvalue weighted by atomic mass is 10.1. The molecule has 0 aliphatic rings. The standard InChI is InChI=1S/C14H18F3N3O2/c1-18-7-2-8-19-12(21)9-20-13(22)10-3-5-11(6-4-10)14(15,16)17/h3-6,18H,2,7-9H2,1H3,(H,19,21)(H,20,22). The van der Waals surface area contributed by atoms with Crippen LogP contribution in [-0.2, 0) is 11.0 Å². The van der Waals surface area contributed by atoms with Crippen molar-refractivity contribution in [1.29, 1.82) is 0 Å². The smallest absolute Gasteiger partial charge is 0.355 e. The molecule has 0 atom stereocenters. The van der Waals surface area contributed by atoms with Gasteiger partial charge in [0, 0.05) is 12.1 Å². The van der Waals surface area contributed by atoms with E-state index in [-0.39, 0.29) is 18.0 Å². The topological polar surface area (TPSA) is 70.2 Å². The van der Waals surface area contributed by atoms with Gasteiger partial charge in [-0.2, -0.15) is 13.2 Å². The largest absolute Gasteiger partial charge is 0.416 e. The molecular formula is C14H18F3N3O2. The molecule has 0 aromatic heterocycles. The van der Waals surface area contributed by atoms with Crippen LogP contribution in [0.1, 0.15) is 22.3 Å². The molecule has 3 N–H and O–H groups in total. The second kappa shape index (κ2) is 8.38. The summed E-state index contributed by atoms with van der Waals surface area (Å²) in [4.78, 5) is 23.1. The monoisotopic (exact) mass is 317 g/mol. The Morgan fingerprint density at radius 1 is 1.05 bits per heavy atom. The zero-order valence-electron chi connectivity index (χ0n) is 12.1. The van der Waals surface area contributed by atoms with Gasteiger partial charge < -0.3 is 16.0 Å². The van der Waals surface area contributed by atoms with Crippen LogP contribution in [-0.4, -0.2) is 38.5 Å². The highest BCUT2D eigenvalue weighted by atomic mass is 19.4. The second-order valence-corrected chi connectivity index (χ2v) is 4.56. The molecule has 0 saturated carbocycles. The average molecular weight is 317 g/mol. The Labute approximate surface area is 126 Å². The Morgan fingerprint density at radius 3 is 2.23 bits per heavy atom. The molecule has 0 radical (unpaired) electrons. The van der Waals surface area contributed by atoms with Gasteiger partial charge in [0.15, 0.2) is 0 Å². The van der Waals surface area contributed by atoms with Crippen LogP contribution in [0.15, 0.2) is 24.3 Å². The average Bonchev–Trinajstić information content (AvgIpc) is 2.48. The van der Waals surface area contributed by atoms with Crippen molar-refractivity contribution in [3.8, 4) is 0 Å². The Morgan fingerprint density at radius 2 is 1.68 bits per heavy atom. The lowest BCUT2D eigenvalue weighted by molar-refractivity contribution is -0.137. The SMILES string of the molecule is CNCCCNC(=O)CNC(=O)c1ccc(C(F)(F)F)cc1. The third kappa shape index (κ3) is 6.13. The molecule has 0 saturated heterocycles. The fraction of sp³-hybridized carbons (Fsp3) is 0.429. The van der Waals surface area contributed by atoms with Gasteiger partial charge in [-0.1, -0.05) is 0 Å². The van der Waals surface area contributed by atoms with E-state index in [2.05, 4.69) is 16.0 Å². The lowest BCUT2D eigenvalue weighted by Gasteiger charge is -2.09. The Hall–Kier alpha value is -2.09. The summed E-state index contributed by atoms with van der Waals surface area (Å²) in [7, 11) is 1.80. The number of carbonyl (C=O) groups is 2. The normalized spacial score (nSPS) is 11.1. The van der Waals surface area contributed by atoms with Crippen molar-refractivity contribution in [1.82, 2.24) is 16.0 Å². The number of carbonyl (C=O) groups excluding carboxylic acids is 2. The first-order chi connectivity index (χ1) is 10.3. The number of benzene rings is 1. The summed E-state index contributed by atoms with van der Waals surface area (Å²) < 4.78 is 37.2. The first kappa shape index (κ1) is 18.0. The van der Waals surface area contributed by atoms with E-state index in [1.165, 1.54) is 0 Å². The van der Waals surface area contributed by atoms with E-state index in [1.807, 2.05) is 0 Å². The van der Waals surface area contributed by atoms with Crippen molar-refractivity contribution < 1.29 is 22.8 Å². The Balaban J connectivity index is 2.40. The Bertz CT molecular complexity index is 501. The lowest BCUT2D eigenvalue weighted by Crippen LogP contribution is -2.37. The number of hydrogen-bond donors (Lipinski definition) is 3. The van der Waals surface area contributed by atoms with Gasteiger partial charge in [0.25, 0.3) is 5.91 Å². The van der Waals surface area contributed by atoms with Crippen molar-refractivity contribution in [3.63, 3.8) is 0 Å². The predicted octanol–water partition coefficient (Wildman–Crippen LogP) is 1.16. The van der Waals surface area contributed by atoms with Gasteiger partial charge in [0.2, 0.25) is 5.91 Å². The van der Waals surface area contributed by atoms with Gasteiger partial charge in [-0.05, 0) is 44.3 Å². The molecule has 0 heterocycles. The molecular weight excluding hydrogens is 299 g/mol. The summed E-state index contributed by atoms with van der Waals surface area (Å²) in [6.07, 6.45) is -3.68. The minimum atomic E-state index is -4.44. The molecule has 0 spiro atoms. The number of rotatable bonds is 7. The molecule has 22 heavy (non-hydrogen) atoms. The number of amides is 2. The molecule has 1 rings (SSSR count). The molecule has 2 amide bonds. The highest BCUT2D eigenvalue weighted by Gasteiger charge is 2.30. The van der Waals surface area contributed by atoms with Gasteiger partial charge in [0.05, 0.1) is 12.1 Å². The van der Waals surface area contributed by atoms with Crippen LogP contribution < -0.4 is 16.0 Å². The number of halogens is 3. The van der Waals surface area contributed by atoms with E-state index in [0.29, 0.717) is 6.54 Å². The summed E-state index contributed by atoms with van der Waals surface area (Å²) in [5, 5.41) is 7.89. The van der Waals surface area contributed by atoms with Crippen LogP contribution in [0.25, 0.3) is 0 Å². The minimum absolute atomic E-state index is 0.0657. The molecule has 1 aromatic rings. The Kier molecular flexibility index (Phi) is 6.84. The third-order valence-electron chi connectivity index (χ3n) is 2.81. The number of nitrogens with one attached hydrogen (secondary N) is 3. The van der Waals surface area contributed by atoms with Gasteiger partial charge >= 0.3 is 6.18 Å². The molecule has 0 bridgehead atoms. The van der Waals surface area contributed by atoms with Gasteiger partial charge in [-0.25, -0.2) is 0 Å². The summed E-state index contributed by atoms with van der Waals surface area (Å²) in [5.74, 6) is -0.949. The van der Waals surface area contributed by atoms with E-state index in [9.17, 15) is 22.8 Å². The van der Waals surface area contributed by atoms with Crippen LogP contribution in [0.4, 0.5) is 13.2 Å². The summed E-state index contributed by atoms with van der Waals surface area (Å²) in [6.45, 7) is 1.02. The first-order valence-electron chi connectivity index (χ1n) is 6.71. The second-order valence-electron chi connectivity index (χ2n) is 4.56. The van der Waals surface area contributed by atoms with E-state index < -0.39 is 17.6 Å². The van der Waals surface area contributed by atoms with Crippen LogP contribution >= 0.6 is 0 Å². The molecule has 0 fully saturated rings. The van der Waals surface area contributed by atoms with Crippen molar-refractivity contribution in [2.24, 2.45) is 0 Å². The summed E-state index contributed by atoms with van der Waals surface area (Å²) in [5.41, 5.74) is -0.762. The zero-order valence-corrected chi connectivity index (χ0v) is 12.1. The van der Waals surface area contributed by atoms with Crippen LogP contribution in [0.2, 0.25) is 0 Å². The summed E-state index contributed by atoms with van der Waals surface area (Å²) >= 11 is 0. The number of alkyl halides is 3. The maximum absolute atomic E-state index is 12.4. The van der Waals surface area contributed by atoms with Crippen LogP contribution in [0.3, 0.4) is 0 Å². The molecule has 0 aliphatic heterocycles. The summed E-state index contributed by atoms with van der Waals surface area (Å²) in [6, 6.07) is 3.80. The van der Waals surface area contributed by atoms with E-state index >= 15 is 0 Å². The molecule has 8 heteroatoms.